The Morgan fingerprint density at radius 1 is 0.278 bits per heavy atom. The summed E-state index contributed by atoms with van der Waals surface area (Å²) in [5, 5.41) is 0. The molecule has 3 aliphatic rings. The van der Waals surface area contributed by atoms with Gasteiger partial charge in [-0.2, -0.15) is 0 Å². The lowest BCUT2D eigenvalue weighted by atomic mass is 9.69. The van der Waals surface area contributed by atoms with Crippen LogP contribution < -0.4 is 0 Å². The molecule has 0 atom stereocenters. The van der Waals surface area contributed by atoms with Crippen LogP contribution in [0.2, 0.25) is 0 Å². The fraction of sp³-hybridized carbons (Fsp3) is 0.494. The quantitative estimate of drug-likeness (QED) is 0.0301. The molecule has 0 saturated carbocycles. The average molecular weight is 1050 g/mol. The van der Waals surface area contributed by atoms with Gasteiger partial charge in [0.25, 0.3) is 0 Å². The molecule has 0 amide bonds. The number of unbranched alkanes of at least 4 members (excludes halogenated alkanes) is 18. The van der Waals surface area contributed by atoms with Crippen LogP contribution in [0.3, 0.4) is 0 Å². The first-order valence-electron chi connectivity index (χ1n) is 32.7. The minimum absolute atomic E-state index is 0.0412. The minimum atomic E-state index is -0.0547. The topological polar surface area (TPSA) is 0 Å². The van der Waals surface area contributed by atoms with Crippen LogP contribution >= 0.6 is 0 Å². The van der Waals surface area contributed by atoms with Crippen molar-refractivity contribution >= 4 is 0 Å². The van der Waals surface area contributed by atoms with Crippen LogP contribution in [0.15, 0.2) is 115 Å². The van der Waals surface area contributed by atoms with Crippen LogP contribution in [0.25, 0.3) is 44.5 Å². The fourth-order valence-electron chi connectivity index (χ4n) is 15.3. The maximum atomic E-state index is 6.12. The lowest BCUT2D eigenvalue weighted by Crippen LogP contribution is -2.26. The summed E-state index contributed by atoms with van der Waals surface area (Å²) in [6.45, 7) is 14.1. The van der Waals surface area contributed by atoms with E-state index in [1.807, 2.05) is 0 Å². The van der Waals surface area contributed by atoms with Crippen molar-refractivity contribution in [3.8, 4) is 68.7 Å². The Morgan fingerprint density at radius 2 is 0.557 bits per heavy atom. The van der Waals surface area contributed by atoms with Crippen LogP contribution in [0.1, 0.15) is 284 Å². The number of fused-ring (bicyclic) bond motifs is 9. The van der Waals surface area contributed by atoms with Crippen LogP contribution in [0, 0.1) is 24.2 Å². The Morgan fingerprint density at radius 3 is 0.899 bits per heavy atom. The SMILES string of the molecule is C#Cc1ccc2c(c1)C(CCCCCC)(CCCCCC)c1cc(C#Cc3ccc4c(c3)C(CCCCCC)(CCCCCC)c3cc(-c5ccc6c(c5)C(CCCCCC)(CCCCCC)c5ccccc5-6)ccc3-4)ccc1-2. The fourth-order valence-corrected chi connectivity index (χ4v) is 15.3. The highest BCUT2D eigenvalue weighted by Crippen LogP contribution is 2.58. The molecule has 3 aliphatic carbocycles. The molecule has 0 bridgehead atoms. The molecule has 0 aromatic heterocycles. The number of hydrogen-bond acceptors (Lipinski definition) is 0. The predicted octanol–water partition coefficient (Wildman–Crippen LogP) is 23.4. The predicted molar refractivity (Wildman–Crippen MR) is 343 cm³/mol. The van der Waals surface area contributed by atoms with Gasteiger partial charge in [0, 0.05) is 32.9 Å². The van der Waals surface area contributed by atoms with Crippen LogP contribution in [-0.2, 0) is 16.2 Å². The van der Waals surface area contributed by atoms with E-state index in [2.05, 4.69) is 175 Å². The third-order valence-corrected chi connectivity index (χ3v) is 19.6. The van der Waals surface area contributed by atoms with Crippen molar-refractivity contribution in [3.63, 3.8) is 0 Å². The Hall–Kier alpha value is -5.56. The smallest absolute Gasteiger partial charge is 0.0252 e. The van der Waals surface area contributed by atoms with Gasteiger partial charge in [-0.3, -0.25) is 0 Å². The highest BCUT2D eigenvalue weighted by Gasteiger charge is 2.45. The molecular formula is C79H98. The van der Waals surface area contributed by atoms with E-state index in [1.54, 1.807) is 16.7 Å². The van der Waals surface area contributed by atoms with Crippen molar-refractivity contribution < 1.29 is 0 Å². The zero-order chi connectivity index (χ0) is 55.1. The lowest BCUT2D eigenvalue weighted by molar-refractivity contribution is 0.400. The third kappa shape index (κ3) is 12.2. The van der Waals surface area contributed by atoms with E-state index < -0.39 is 0 Å². The third-order valence-electron chi connectivity index (χ3n) is 19.6. The van der Waals surface area contributed by atoms with Gasteiger partial charge in [0.05, 0.1) is 0 Å². The van der Waals surface area contributed by atoms with Gasteiger partial charge in [0.2, 0.25) is 0 Å². The average Bonchev–Trinajstić information content (AvgIpc) is 4.18. The summed E-state index contributed by atoms with van der Waals surface area (Å²) < 4.78 is 0. The number of terminal acetylenes is 1. The van der Waals surface area contributed by atoms with Crippen LogP contribution in [0.5, 0.6) is 0 Å². The molecule has 0 unspecified atom stereocenters. The molecule has 0 fully saturated rings. The molecule has 0 aliphatic heterocycles. The maximum absolute atomic E-state index is 6.12. The second-order valence-electron chi connectivity index (χ2n) is 24.9. The molecule has 414 valence electrons. The first kappa shape index (κ1) is 58.1. The molecule has 0 spiro atoms. The van der Waals surface area contributed by atoms with E-state index in [1.165, 1.54) is 241 Å². The molecule has 0 radical (unpaired) electrons. The summed E-state index contributed by atoms with van der Waals surface area (Å²) >= 11 is 0. The van der Waals surface area contributed by atoms with Crippen LogP contribution in [-0.4, -0.2) is 0 Å². The standard InChI is InChI=1S/C79H98/c1-8-15-21-29-49-77(50-30-22-16-9-2)71-36-28-27-35-65(71)69-47-42-63(58-75(69)77)64-43-48-70-68-46-41-62(57-74(68)79(76(70)59-64,53-33-25-19-12-5)54-34-26-20-13-6)38-37-61-40-45-67-66-44-39-60(14-7)55-72(66)78(73(67)56-61,51-31-23-17-10-3)52-32-24-18-11-4/h7,27-28,35-36,39-48,55-59H,8-13,15-26,29-34,49-54H2,1-6H3. The molecule has 6 aromatic carbocycles. The van der Waals surface area contributed by atoms with E-state index >= 15 is 0 Å². The molecule has 0 heteroatoms. The van der Waals surface area contributed by atoms with Crippen molar-refractivity contribution in [2.24, 2.45) is 0 Å². The Bertz CT molecular complexity index is 3040. The largest absolute Gasteiger partial charge is 0.115 e. The van der Waals surface area contributed by atoms with Crippen molar-refractivity contribution in [3.05, 3.63) is 165 Å². The molecule has 0 nitrogen and oxygen atoms in total. The van der Waals surface area contributed by atoms with Gasteiger partial charge >= 0.3 is 0 Å². The molecule has 79 heavy (non-hydrogen) atoms. The molecule has 0 saturated heterocycles. The Kier molecular flexibility index (Phi) is 20.4. The summed E-state index contributed by atoms with van der Waals surface area (Å²) in [5.74, 6) is 10.6. The maximum Gasteiger partial charge on any atom is 0.0252 e. The number of hydrogen-bond donors (Lipinski definition) is 0. The Labute approximate surface area is 481 Å². The van der Waals surface area contributed by atoms with E-state index in [4.69, 9.17) is 6.42 Å². The lowest BCUT2D eigenvalue weighted by Gasteiger charge is -2.34. The van der Waals surface area contributed by atoms with E-state index in [0.717, 1.165) is 29.5 Å². The second kappa shape index (κ2) is 27.7. The normalized spacial score (nSPS) is 14.4. The monoisotopic (exact) mass is 1050 g/mol. The van der Waals surface area contributed by atoms with Crippen molar-refractivity contribution in [2.45, 2.75) is 250 Å². The summed E-state index contributed by atoms with van der Waals surface area (Å²) in [6.07, 6.45) is 43.9. The molecule has 6 aromatic rings. The minimum Gasteiger partial charge on any atom is -0.115 e. The summed E-state index contributed by atoms with van der Waals surface area (Å²) in [4.78, 5) is 0. The van der Waals surface area contributed by atoms with Crippen LogP contribution in [0.4, 0.5) is 0 Å². The highest BCUT2D eigenvalue weighted by atomic mass is 14.5. The first-order chi connectivity index (χ1) is 38.8. The van der Waals surface area contributed by atoms with Gasteiger partial charge in [-0.1, -0.05) is 280 Å². The summed E-state index contributed by atoms with van der Waals surface area (Å²) in [6, 6.07) is 46.2. The van der Waals surface area contributed by atoms with Gasteiger partial charge in [0.1, 0.15) is 0 Å². The molecule has 0 heterocycles. The summed E-state index contributed by atoms with van der Waals surface area (Å²) in [7, 11) is 0. The Balaban J connectivity index is 1.12. The number of rotatable bonds is 31. The van der Waals surface area contributed by atoms with Crippen molar-refractivity contribution in [1.82, 2.24) is 0 Å². The van der Waals surface area contributed by atoms with Gasteiger partial charge in [0.15, 0.2) is 0 Å². The molecule has 9 rings (SSSR count). The van der Waals surface area contributed by atoms with Gasteiger partial charge in [-0.05, 0) is 165 Å². The van der Waals surface area contributed by atoms with E-state index in [-0.39, 0.29) is 16.2 Å². The zero-order valence-electron chi connectivity index (χ0n) is 50.3. The van der Waals surface area contributed by atoms with Gasteiger partial charge in [-0.15, -0.1) is 6.42 Å². The van der Waals surface area contributed by atoms with E-state index in [9.17, 15) is 0 Å². The second-order valence-corrected chi connectivity index (χ2v) is 24.9. The molecule has 0 N–H and O–H groups in total. The molecular weight excluding hydrogens is 949 g/mol. The first-order valence-corrected chi connectivity index (χ1v) is 32.7. The van der Waals surface area contributed by atoms with Crippen molar-refractivity contribution in [1.29, 1.82) is 0 Å². The summed E-state index contributed by atoms with van der Waals surface area (Å²) in [5.41, 5.74) is 23.8. The van der Waals surface area contributed by atoms with E-state index in [0.29, 0.717) is 0 Å². The van der Waals surface area contributed by atoms with Gasteiger partial charge < -0.3 is 0 Å². The van der Waals surface area contributed by atoms with Crippen molar-refractivity contribution in [2.75, 3.05) is 0 Å². The number of benzene rings is 6. The van der Waals surface area contributed by atoms with Gasteiger partial charge in [-0.25, -0.2) is 0 Å². The zero-order valence-corrected chi connectivity index (χ0v) is 50.3. The highest BCUT2D eigenvalue weighted by molar-refractivity contribution is 5.88.